The number of carbonyl (C=O) groups excluding carboxylic acids is 2. The minimum Gasteiger partial charge on any atom is -0.463 e. The molecule has 0 saturated heterocycles. The molecule has 1 aromatic rings. The fraction of sp³-hybridized carbons (Fsp3) is 0.467. The Morgan fingerprint density at radius 1 is 1.24 bits per heavy atom. The summed E-state index contributed by atoms with van der Waals surface area (Å²) in [4.78, 5) is 23.2. The predicted molar refractivity (Wildman–Crippen MR) is 88.4 cm³/mol. The smallest absolute Gasteiger partial charge is 0.407 e. The molecule has 21 heavy (non-hydrogen) atoms. The van der Waals surface area contributed by atoms with E-state index in [1.807, 2.05) is 52.9 Å². The number of nitrogens with one attached hydrogen (secondary N) is 1. The van der Waals surface area contributed by atoms with Crippen LogP contribution in [0.15, 0.2) is 30.3 Å². The minimum atomic E-state index is -0.540. The van der Waals surface area contributed by atoms with Gasteiger partial charge in [-0.25, -0.2) is 4.79 Å². The lowest BCUT2D eigenvalue weighted by Crippen LogP contribution is -2.34. The Morgan fingerprint density at radius 2 is 1.86 bits per heavy atom. The Kier molecular flexibility index (Phi) is 6.94. The average molecular weight is 405 g/mol. The van der Waals surface area contributed by atoms with Gasteiger partial charge in [0.1, 0.15) is 16.1 Å². The second kappa shape index (κ2) is 8.21. The highest BCUT2D eigenvalue weighted by atomic mass is 127. The van der Waals surface area contributed by atoms with Crippen LogP contribution < -0.4 is 5.32 Å². The van der Waals surface area contributed by atoms with Crippen LogP contribution in [0.2, 0.25) is 0 Å². The van der Waals surface area contributed by atoms with Crippen LogP contribution in [-0.2, 0) is 14.3 Å². The van der Waals surface area contributed by atoms with Gasteiger partial charge in [-0.15, -0.1) is 0 Å². The number of alkyl carbamates (subject to hydrolysis) is 1. The van der Waals surface area contributed by atoms with Gasteiger partial charge in [-0.1, -0.05) is 52.9 Å². The molecule has 0 bridgehead atoms. The van der Waals surface area contributed by atoms with Gasteiger partial charge in [0, 0.05) is 0 Å². The van der Waals surface area contributed by atoms with Gasteiger partial charge in [-0.2, -0.15) is 0 Å². The summed E-state index contributed by atoms with van der Waals surface area (Å²) in [6.07, 6.45) is -0.521. The molecule has 6 heteroatoms. The van der Waals surface area contributed by atoms with Gasteiger partial charge in [-0.3, -0.25) is 4.79 Å². The summed E-state index contributed by atoms with van der Waals surface area (Å²) < 4.78 is 9.84. The van der Waals surface area contributed by atoms with E-state index >= 15 is 0 Å². The van der Waals surface area contributed by atoms with Crippen molar-refractivity contribution < 1.29 is 19.1 Å². The highest BCUT2D eigenvalue weighted by Crippen LogP contribution is 2.24. The first-order chi connectivity index (χ1) is 9.79. The predicted octanol–water partition coefficient (Wildman–Crippen LogP) is 3.23. The molecule has 0 heterocycles. The van der Waals surface area contributed by atoms with Crippen LogP contribution in [0.3, 0.4) is 0 Å². The first-order valence-corrected chi connectivity index (χ1v) is 7.86. The normalized spacial score (nSPS) is 12.4. The van der Waals surface area contributed by atoms with Crippen LogP contribution in [0.25, 0.3) is 0 Å². The number of alkyl halides is 1. The van der Waals surface area contributed by atoms with E-state index in [0.717, 1.165) is 5.56 Å². The summed E-state index contributed by atoms with van der Waals surface area (Å²) in [5.74, 6) is -0.326. The third kappa shape index (κ3) is 7.31. The molecule has 1 rings (SSSR count). The number of halogens is 1. The van der Waals surface area contributed by atoms with E-state index in [-0.39, 0.29) is 23.0 Å². The van der Waals surface area contributed by atoms with Crippen molar-refractivity contribution >= 4 is 34.7 Å². The van der Waals surface area contributed by atoms with Gasteiger partial charge in [0.25, 0.3) is 0 Å². The average Bonchev–Trinajstić information content (AvgIpc) is 2.41. The molecule has 0 saturated carbocycles. The zero-order valence-electron chi connectivity index (χ0n) is 12.4. The van der Waals surface area contributed by atoms with E-state index < -0.39 is 11.7 Å². The van der Waals surface area contributed by atoms with E-state index in [9.17, 15) is 9.59 Å². The van der Waals surface area contributed by atoms with E-state index in [2.05, 4.69) is 5.32 Å². The van der Waals surface area contributed by atoms with Gasteiger partial charge in [0.05, 0.1) is 6.54 Å². The van der Waals surface area contributed by atoms with E-state index in [1.54, 1.807) is 20.8 Å². The molecule has 1 unspecified atom stereocenters. The number of hydrogen-bond donors (Lipinski definition) is 1. The number of rotatable bonds is 5. The maximum atomic E-state index is 11.8. The molecule has 5 nitrogen and oxygen atoms in total. The third-order valence-corrected chi connectivity index (χ3v) is 3.54. The summed E-state index contributed by atoms with van der Waals surface area (Å²) >= 11 is 2.03. The lowest BCUT2D eigenvalue weighted by atomic mass is 10.2. The summed E-state index contributed by atoms with van der Waals surface area (Å²) in [7, 11) is 0. The van der Waals surface area contributed by atoms with Crippen molar-refractivity contribution in [2.24, 2.45) is 0 Å². The van der Waals surface area contributed by atoms with E-state index in [4.69, 9.17) is 9.47 Å². The molecule has 0 fully saturated rings. The standard InChI is InChI=1S/C15H20INO4/c1-15(2,3)21-14(19)17-9-10-20-13(18)12(16)11-7-5-4-6-8-11/h4-8,12H,9-10H2,1-3H3,(H,17,19). The van der Waals surface area contributed by atoms with Gasteiger partial charge in [-0.05, 0) is 26.3 Å². The van der Waals surface area contributed by atoms with Crippen LogP contribution in [0.5, 0.6) is 0 Å². The Morgan fingerprint density at radius 3 is 2.43 bits per heavy atom. The maximum absolute atomic E-state index is 11.8. The van der Waals surface area contributed by atoms with Crippen LogP contribution in [0, 0.1) is 0 Å². The van der Waals surface area contributed by atoms with Crippen LogP contribution >= 0.6 is 22.6 Å². The first kappa shape index (κ1) is 17.7. The van der Waals surface area contributed by atoms with Crippen molar-refractivity contribution in [3.8, 4) is 0 Å². The molecular formula is C15H20INO4. The molecule has 0 radical (unpaired) electrons. The highest BCUT2D eigenvalue weighted by Gasteiger charge is 2.19. The van der Waals surface area contributed by atoms with Gasteiger partial charge in [0.2, 0.25) is 0 Å². The highest BCUT2D eigenvalue weighted by molar-refractivity contribution is 14.1. The van der Waals surface area contributed by atoms with Crippen LogP contribution in [0.1, 0.15) is 30.3 Å². The first-order valence-electron chi connectivity index (χ1n) is 6.62. The fourth-order valence-corrected chi connectivity index (χ4v) is 2.05. The molecule has 1 atom stereocenters. The molecule has 116 valence electrons. The topological polar surface area (TPSA) is 64.6 Å². The zero-order chi connectivity index (χ0) is 15.9. The lowest BCUT2D eigenvalue weighted by Gasteiger charge is -2.19. The van der Waals surface area contributed by atoms with Gasteiger partial charge >= 0.3 is 12.1 Å². The monoisotopic (exact) mass is 405 g/mol. The van der Waals surface area contributed by atoms with Crippen molar-refractivity contribution in [3.05, 3.63) is 35.9 Å². The number of benzene rings is 1. The minimum absolute atomic E-state index is 0.115. The van der Waals surface area contributed by atoms with Gasteiger partial charge in [0.15, 0.2) is 0 Å². The second-order valence-corrected chi connectivity index (χ2v) is 6.62. The van der Waals surface area contributed by atoms with Crippen molar-refractivity contribution in [1.29, 1.82) is 0 Å². The van der Waals surface area contributed by atoms with Crippen molar-refractivity contribution in [2.45, 2.75) is 30.3 Å². The fourth-order valence-electron chi connectivity index (χ4n) is 1.45. The Balaban J connectivity index is 2.27. The molecule has 1 N–H and O–H groups in total. The second-order valence-electron chi connectivity index (χ2n) is 5.37. The molecule has 0 aliphatic heterocycles. The van der Waals surface area contributed by atoms with Crippen molar-refractivity contribution in [1.82, 2.24) is 5.32 Å². The number of ether oxygens (including phenoxy) is 2. The molecule has 0 aromatic heterocycles. The van der Waals surface area contributed by atoms with Crippen molar-refractivity contribution in [3.63, 3.8) is 0 Å². The Bertz CT molecular complexity index is 470. The number of esters is 1. The molecule has 1 aromatic carbocycles. The molecule has 0 aliphatic rings. The maximum Gasteiger partial charge on any atom is 0.407 e. The van der Waals surface area contributed by atoms with Crippen molar-refractivity contribution in [2.75, 3.05) is 13.2 Å². The number of carbonyl (C=O) groups is 2. The Labute approximate surface area is 138 Å². The summed E-state index contributed by atoms with van der Waals surface area (Å²) in [5.41, 5.74) is 0.352. The Hall–Kier alpha value is -1.31. The van der Waals surface area contributed by atoms with Gasteiger partial charge < -0.3 is 14.8 Å². The third-order valence-electron chi connectivity index (χ3n) is 2.31. The van der Waals surface area contributed by atoms with E-state index in [1.165, 1.54) is 0 Å². The summed E-state index contributed by atoms with van der Waals surface area (Å²) in [6, 6.07) is 9.38. The SMILES string of the molecule is CC(C)(C)OC(=O)NCCOC(=O)C(I)c1ccccc1. The van der Waals surface area contributed by atoms with E-state index in [0.29, 0.717) is 0 Å². The lowest BCUT2D eigenvalue weighted by molar-refractivity contribution is -0.142. The largest absolute Gasteiger partial charge is 0.463 e. The number of hydrogen-bond acceptors (Lipinski definition) is 4. The summed E-state index contributed by atoms with van der Waals surface area (Å²) in [5, 5.41) is 2.53. The molecule has 0 spiro atoms. The van der Waals surface area contributed by atoms with Crippen LogP contribution in [0.4, 0.5) is 4.79 Å². The van der Waals surface area contributed by atoms with Crippen LogP contribution in [-0.4, -0.2) is 30.8 Å². The molecule has 0 aliphatic carbocycles. The molecule has 1 amide bonds. The zero-order valence-corrected chi connectivity index (χ0v) is 14.5. The molecular weight excluding hydrogens is 385 g/mol. The summed E-state index contributed by atoms with van der Waals surface area (Å²) in [6.45, 7) is 5.69. The quantitative estimate of drug-likeness (QED) is 0.354. The number of amides is 1.